The second kappa shape index (κ2) is 6.05. The van der Waals surface area contributed by atoms with Crippen molar-refractivity contribution < 1.29 is 17.6 Å². The Kier molecular flexibility index (Phi) is 4.56. The number of benzene rings is 2. The molecule has 0 heterocycles. The molecule has 1 atom stereocenters. The van der Waals surface area contributed by atoms with Gasteiger partial charge in [0, 0.05) is 10.5 Å². The van der Waals surface area contributed by atoms with Crippen molar-refractivity contribution in [2.45, 2.75) is 19.1 Å². The molecule has 0 saturated carbocycles. The fourth-order valence-electron chi connectivity index (χ4n) is 1.88. The fourth-order valence-corrected chi connectivity index (χ4v) is 2.14. The molecule has 0 bridgehead atoms. The molecule has 2 aromatic rings. The van der Waals surface area contributed by atoms with Gasteiger partial charge in [-0.25, -0.2) is 4.39 Å². The molecule has 1 unspecified atom stereocenters. The summed E-state index contributed by atoms with van der Waals surface area (Å²) in [5.41, 5.74) is -0.0576. The topological polar surface area (TPSA) is 12.0 Å². The monoisotopic (exact) mass is 361 g/mol. The van der Waals surface area contributed by atoms with Gasteiger partial charge in [0.1, 0.15) is 5.82 Å². The molecule has 1 N–H and O–H groups in total. The zero-order valence-corrected chi connectivity index (χ0v) is 12.6. The van der Waals surface area contributed by atoms with Gasteiger partial charge in [-0.15, -0.1) is 0 Å². The maximum absolute atomic E-state index is 13.8. The zero-order chi connectivity index (χ0) is 15.6. The van der Waals surface area contributed by atoms with Crippen molar-refractivity contribution in [3.8, 4) is 0 Å². The normalized spacial score (nSPS) is 13.0. The molecule has 0 aliphatic heterocycles. The highest BCUT2D eigenvalue weighted by Crippen LogP contribution is 2.32. The summed E-state index contributed by atoms with van der Waals surface area (Å²) in [5, 5.41) is 2.87. The highest BCUT2D eigenvalue weighted by molar-refractivity contribution is 9.10. The molecule has 0 fully saturated rings. The van der Waals surface area contributed by atoms with Crippen molar-refractivity contribution in [2.75, 3.05) is 5.32 Å². The molecule has 0 spiro atoms. The smallest absolute Gasteiger partial charge is 0.376 e. The van der Waals surface area contributed by atoms with Gasteiger partial charge in [0.15, 0.2) is 0 Å². The summed E-state index contributed by atoms with van der Waals surface area (Å²) in [5.74, 6) is -0.922. The van der Waals surface area contributed by atoms with Crippen LogP contribution in [0.5, 0.6) is 0 Å². The lowest BCUT2D eigenvalue weighted by Crippen LogP contribution is -2.10. The number of anilines is 1. The van der Waals surface area contributed by atoms with E-state index in [4.69, 9.17) is 0 Å². The van der Waals surface area contributed by atoms with E-state index >= 15 is 0 Å². The summed E-state index contributed by atoms with van der Waals surface area (Å²) >= 11 is 3.31. The summed E-state index contributed by atoms with van der Waals surface area (Å²) in [6, 6.07) is 9.62. The maximum atomic E-state index is 13.8. The minimum atomic E-state index is -4.54. The second-order valence-corrected chi connectivity index (χ2v) is 5.53. The van der Waals surface area contributed by atoms with Crippen LogP contribution in [0.15, 0.2) is 46.9 Å². The van der Waals surface area contributed by atoms with Crippen LogP contribution in [0.2, 0.25) is 0 Å². The van der Waals surface area contributed by atoms with E-state index in [9.17, 15) is 17.6 Å². The second-order valence-electron chi connectivity index (χ2n) is 4.61. The summed E-state index contributed by atoms with van der Waals surface area (Å²) in [6.45, 7) is 1.81. The predicted octanol–water partition coefficient (Wildman–Crippen LogP) is 5.78. The van der Waals surface area contributed by atoms with Gasteiger partial charge in [-0.3, -0.25) is 0 Å². The van der Waals surface area contributed by atoms with Crippen LogP contribution in [0.3, 0.4) is 0 Å². The van der Waals surface area contributed by atoms with Crippen molar-refractivity contribution in [1.82, 2.24) is 0 Å². The predicted molar refractivity (Wildman–Crippen MR) is 77.6 cm³/mol. The van der Waals surface area contributed by atoms with Crippen LogP contribution in [0.4, 0.5) is 23.2 Å². The first-order valence-electron chi connectivity index (χ1n) is 6.16. The minimum Gasteiger partial charge on any atom is -0.376 e. The molecule has 0 aliphatic carbocycles. The Labute approximate surface area is 128 Å². The Morgan fingerprint density at radius 3 is 2.19 bits per heavy atom. The van der Waals surface area contributed by atoms with Crippen molar-refractivity contribution in [3.05, 3.63) is 63.9 Å². The van der Waals surface area contributed by atoms with Crippen molar-refractivity contribution in [1.29, 1.82) is 0 Å². The maximum Gasteiger partial charge on any atom is 0.416 e. The van der Waals surface area contributed by atoms with Gasteiger partial charge < -0.3 is 5.32 Å². The molecule has 6 heteroatoms. The van der Waals surface area contributed by atoms with E-state index in [-0.39, 0.29) is 11.7 Å². The first-order valence-corrected chi connectivity index (χ1v) is 6.95. The highest BCUT2D eigenvalue weighted by atomic mass is 79.9. The van der Waals surface area contributed by atoms with Gasteiger partial charge in [0.25, 0.3) is 0 Å². The standard InChI is InChI=1S/C15H12BrF4N/c1-9(10-2-5-12(16)6-3-10)21-14-7-4-11(8-13(14)17)15(18,19)20/h2-9,21H,1H3. The molecule has 2 aromatic carbocycles. The molecule has 0 amide bonds. The van der Waals surface area contributed by atoms with Gasteiger partial charge >= 0.3 is 6.18 Å². The summed E-state index contributed by atoms with van der Waals surface area (Å²) in [6.07, 6.45) is -4.54. The van der Waals surface area contributed by atoms with Crippen molar-refractivity contribution in [3.63, 3.8) is 0 Å². The Hall–Kier alpha value is -1.56. The number of rotatable bonds is 3. The minimum absolute atomic E-state index is 0.0402. The first-order chi connectivity index (χ1) is 9.77. The van der Waals surface area contributed by atoms with Crippen LogP contribution >= 0.6 is 15.9 Å². The van der Waals surface area contributed by atoms with Crippen LogP contribution in [-0.4, -0.2) is 0 Å². The van der Waals surface area contributed by atoms with Crippen LogP contribution in [0.25, 0.3) is 0 Å². The molecule has 0 saturated heterocycles. The van der Waals surface area contributed by atoms with Gasteiger partial charge in [0.2, 0.25) is 0 Å². The largest absolute Gasteiger partial charge is 0.416 e. The highest BCUT2D eigenvalue weighted by Gasteiger charge is 2.31. The van der Waals surface area contributed by atoms with Crippen molar-refractivity contribution in [2.24, 2.45) is 0 Å². The molecule has 1 nitrogen and oxygen atoms in total. The third-order valence-corrected chi connectivity index (χ3v) is 3.57. The van der Waals surface area contributed by atoms with Gasteiger partial charge in [-0.05, 0) is 42.8 Å². The van der Waals surface area contributed by atoms with Crippen LogP contribution in [0.1, 0.15) is 24.1 Å². The Balaban J connectivity index is 2.18. The summed E-state index contributed by atoms with van der Waals surface area (Å²) in [7, 11) is 0. The van der Waals surface area contributed by atoms with E-state index in [1.165, 1.54) is 0 Å². The molecule has 0 aromatic heterocycles. The average Bonchev–Trinajstić information content (AvgIpc) is 2.40. The quantitative estimate of drug-likeness (QED) is 0.683. The Morgan fingerprint density at radius 1 is 1.05 bits per heavy atom. The molecule has 2 rings (SSSR count). The third-order valence-electron chi connectivity index (χ3n) is 3.04. The summed E-state index contributed by atoms with van der Waals surface area (Å²) in [4.78, 5) is 0. The van der Waals surface area contributed by atoms with Gasteiger partial charge in [0.05, 0.1) is 11.3 Å². The molecule has 0 radical (unpaired) electrons. The number of alkyl halides is 3. The van der Waals surface area contributed by atoms with E-state index in [1.807, 2.05) is 24.3 Å². The first kappa shape index (κ1) is 15.8. The van der Waals surface area contributed by atoms with E-state index in [0.717, 1.165) is 22.2 Å². The fraction of sp³-hybridized carbons (Fsp3) is 0.200. The van der Waals surface area contributed by atoms with E-state index in [2.05, 4.69) is 21.2 Å². The van der Waals surface area contributed by atoms with Crippen molar-refractivity contribution >= 4 is 21.6 Å². The van der Waals surface area contributed by atoms with E-state index in [0.29, 0.717) is 6.07 Å². The number of hydrogen-bond acceptors (Lipinski definition) is 1. The van der Waals surface area contributed by atoms with Gasteiger partial charge in [-0.2, -0.15) is 13.2 Å². The SMILES string of the molecule is CC(Nc1ccc(C(F)(F)F)cc1F)c1ccc(Br)cc1. The lowest BCUT2D eigenvalue weighted by Gasteiger charge is -2.17. The van der Waals surface area contributed by atoms with Gasteiger partial charge in [-0.1, -0.05) is 28.1 Å². The van der Waals surface area contributed by atoms with Crippen LogP contribution in [0, 0.1) is 5.82 Å². The van der Waals surface area contributed by atoms with Crippen LogP contribution < -0.4 is 5.32 Å². The lowest BCUT2D eigenvalue weighted by atomic mass is 10.1. The summed E-state index contributed by atoms with van der Waals surface area (Å²) < 4.78 is 52.1. The third kappa shape index (κ3) is 3.97. The Bertz CT molecular complexity index is 623. The number of hydrogen-bond donors (Lipinski definition) is 1. The lowest BCUT2D eigenvalue weighted by molar-refractivity contribution is -0.137. The molecule has 21 heavy (non-hydrogen) atoms. The Morgan fingerprint density at radius 2 is 1.67 bits per heavy atom. The zero-order valence-electron chi connectivity index (χ0n) is 11.0. The molecular weight excluding hydrogens is 350 g/mol. The molecular formula is C15H12BrF4N. The average molecular weight is 362 g/mol. The van der Waals surface area contributed by atoms with E-state index in [1.54, 1.807) is 6.92 Å². The van der Waals surface area contributed by atoms with E-state index < -0.39 is 17.6 Å². The molecule has 0 aliphatic rings. The molecule has 112 valence electrons. The van der Waals surface area contributed by atoms with Crippen LogP contribution in [-0.2, 0) is 6.18 Å². The number of nitrogens with one attached hydrogen (secondary N) is 1. The number of halogens is 5.